The van der Waals surface area contributed by atoms with E-state index in [0.717, 1.165) is 5.56 Å². The van der Waals surface area contributed by atoms with Crippen LogP contribution in [-0.2, 0) is 4.74 Å². The number of halogens is 1. The van der Waals surface area contributed by atoms with Gasteiger partial charge in [0.05, 0.1) is 16.0 Å². The van der Waals surface area contributed by atoms with E-state index in [1.165, 1.54) is 0 Å². The van der Waals surface area contributed by atoms with Gasteiger partial charge in [-0.3, -0.25) is 10.1 Å². The molecule has 4 nitrogen and oxygen atoms in total. The highest BCUT2D eigenvalue weighted by atomic mass is 79.9. The summed E-state index contributed by atoms with van der Waals surface area (Å²) in [4.78, 5) is 10.1. The number of hydrogen-bond donors (Lipinski definition) is 0. The number of nitro benzene ring substituents is 1. The molecule has 0 bridgehead atoms. The Morgan fingerprint density at radius 2 is 2.31 bits per heavy atom. The van der Waals surface area contributed by atoms with E-state index in [1.807, 2.05) is 6.07 Å². The van der Waals surface area contributed by atoms with Crippen LogP contribution in [0.1, 0.15) is 11.7 Å². The van der Waals surface area contributed by atoms with Crippen LogP contribution in [0.4, 0.5) is 5.69 Å². The molecule has 0 saturated carbocycles. The lowest BCUT2D eigenvalue weighted by Gasteiger charge is -1.97. The average Bonchev–Trinajstić information content (AvgIpc) is 2.87. The predicted octanol–water partition coefficient (Wildman–Crippen LogP) is 2.43. The Kier molecular flexibility index (Phi) is 2.05. The van der Waals surface area contributed by atoms with E-state index < -0.39 is 4.92 Å². The van der Waals surface area contributed by atoms with E-state index in [1.54, 1.807) is 12.1 Å². The summed E-state index contributed by atoms with van der Waals surface area (Å²) in [5.74, 6) is 0. The molecule has 0 aliphatic carbocycles. The molecule has 2 rings (SSSR count). The van der Waals surface area contributed by atoms with Crippen molar-refractivity contribution < 1.29 is 9.66 Å². The minimum atomic E-state index is -0.407. The molecule has 0 unspecified atom stereocenters. The summed E-state index contributed by atoms with van der Waals surface area (Å²) < 4.78 is 5.53. The zero-order valence-corrected chi connectivity index (χ0v) is 8.15. The second kappa shape index (κ2) is 3.08. The summed E-state index contributed by atoms with van der Waals surface area (Å²) in [5, 5.41) is 10.6. The summed E-state index contributed by atoms with van der Waals surface area (Å²) in [5.41, 5.74) is 0.961. The standard InChI is InChI=1S/C8H6BrNO3/c9-6-2-1-5(8-4-13-8)3-7(6)10(11)12/h1-3,8H,4H2/t8-/m1/s1. The van der Waals surface area contributed by atoms with Crippen LogP contribution in [0.25, 0.3) is 0 Å². The Morgan fingerprint density at radius 1 is 1.62 bits per heavy atom. The minimum Gasteiger partial charge on any atom is -0.368 e. The summed E-state index contributed by atoms with van der Waals surface area (Å²) in [6.07, 6.45) is 0.0619. The molecule has 1 aliphatic rings. The number of epoxide rings is 1. The van der Waals surface area contributed by atoms with Gasteiger partial charge in [0.15, 0.2) is 0 Å². The lowest BCUT2D eigenvalue weighted by Crippen LogP contribution is -1.91. The second-order valence-corrected chi connectivity index (χ2v) is 3.64. The van der Waals surface area contributed by atoms with Crippen LogP contribution in [0.3, 0.4) is 0 Å². The Morgan fingerprint density at radius 3 is 2.85 bits per heavy atom. The highest BCUT2D eigenvalue weighted by Crippen LogP contribution is 2.34. The Labute approximate surface area is 82.8 Å². The molecule has 0 spiro atoms. The smallest absolute Gasteiger partial charge is 0.283 e. The van der Waals surface area contributed by atoms with Gasteiger partial charge in [0, 0.05) is 6.07 Å². The van der Waals surface area contributed by atoms with Crippen LogP contribution in [-0.4, -0.2) is 11.5 Å². The zero-order valence-electron chi connectivity index (χ0n) is 6.57. The number of nitrogens with zero attached hydrogens (tertiary/aromatic N) is 1. The molecule has 0 aromatic heterocycles. The second-order valence-electron chi connectivity index (χ2n) is 2.79. The van der Waals surface area contributed by atoms with Crippen LogP contribution in [0.5, 0.6) is 0 Å². The molecule has 68 valence electrons. The first-order valence-electron chi connectivity index (χ1n) is 3.74. The molecule has 1 atom stereocenters. The fourth-order valence-corrected chi connectivity index (χ4v) is 1.50. The Hall–Kier alpha value is -0.940. The average molecular weight is 244 g/mol. The van der Waals surface area contributed by atoms with Gasteiger partial charge in [-0.15, -0.1) is 0 Å². The maximum atomic E-state index is 10.6. The first-order valence-corrected chi connectivity index (χ1v) is 4.53. The van der Waals surface area contributed by atoms with Crippen molar-refractivity contribution in [3.05, 3.63) is 38.3 Å². The molecule has 0 N–H and O–H groups in total. The highest BCUT2D eigenvalue weighted by molar-refractivity contribution is 9.10. The van der Waals surface area contributed by atoms with Crippen LogP contribution < -0.4 is 0 Å². The monoisotopic (exact) mass is 243 g/mol. The van der Waals surface area contributed by atoms with Crippen LogP contribution in [0, 0.1) is 10.1 Å². The van der Waals surface area contributed by atoms with Crippen molar-refractivity contribution in [2.75, 3.05) is 6.61 Å². The van der Waals surface area contributed by atoms with Crippen molar-refractivity contribution in [1.82, 2.24) is 0 Å². The number of ether oxygens (including phenoxy) is 1. The van der Waals surface area contributed by atoms with Crippen molar-refractivity contribution >= 4 is 21.6 Å². The number of nitro groups is 1. The topological polar surface area (TPSA) is 55.7 Å². The van der Waals surface area contributed by atoms with Gasteiger partial charge in [-0.25, -0.2) is 0 Å². The number of rotatable bonds is 2. The van der Waals surface area contributed by atoms with E-state index in [4.69, 9.17) is 4.74 Å². The number of hydrogen-bond acceptors (Lipinski definition) is 3. The molecule has 1 aliphatic heterocycles. The minimum absolute atomic E-state index is 0.0619. The largest absolute Gasteiger partial charge is 0.368 e. The van der Waals surface area contributed by atoms with Gasteiger partial charge in [-0.2, -0.15) is 0 Å². The van der Waals surface area contributed by atoms with Gasteiger partial charge in [-0.1, -0.05) is 6.07 Å². The summed E-state index contributed by atoms with van der Waals surface area (Å²) in [7, 11) is 0. The molecule has 1 saturated heterocycles. The van der Waals surface area contributed by atoms with Gasteiger partial charge < -0.3 is 4.74 Å². The molecule has 5 heteroatoms. The molecule has 0 amide bonds. The van der Waals surface area contributed by atoms with Gasteiger partial charge in [0.2, 0.25) is 0 Å². The van der Waals surface area contributed by atoms with Crippen LogP contribution in [0.2, 0.25) is 0 Å². The third-order valence-corrected chi connectivity index (χ3v) is 2.54. The molecule has 1 aromatic rings. The zero-order chi connectivity index (χ0) is 9.42. The van der Waals surface area contributed by atoms with Crippen molar-refractivity contribution in [2.24, 2.45) is 0 Å². The lowest BCUT2D eigenvalue weighted by atomic mass is 10.1. The number of benzene rings is 1. The molecular formula is C8H6BrNO3. The van der Waals surface area contributed by atoms with E-state index in [-0.39, 0.29) is 11.8 Å². The molecule has 13 heavy (non-hydrogen) atoms. The summed E-state index contributed by atoms with van der Waals surface area (Å²) in [6.45, 7) is 0.665. The molecule has 1 heterocycles. The van der Waals surface area contributed by atoms with Gasteiger partial charge in [0.1, 0.15) is 6.10 Å². The highest BCUT2D eigenvalue weighted by Gasteiger charge is 2.27. The first-order chi connectivity index (χ1) is 6.18. The van der Waals surface area contributed by atoms with Crippen LogP contribution in [0.15, 0.2) is 22.7 Å². The third-order valence-electron chi connectivity index (χ3n) is 1.87. The molecule has 1 fully saturated rings. The van der Waals surface area contributed by atoms with Crippen molar-refractivity contribution in [1.29, 1.82) is 0 Å². The first kappa shape index (κ1) is 8.65. The summed E-state index contributed by atoms with van der Waals surface area (Å²) >= 11 is 3.12. The maximum Gasteiger partial charge on any atom is 0.283 e. The van der Waals surface area contributed by atoms with Crippen molar-refractivity contribution in [3.8, 4) is 0 Å². The molecule has 1 aromatic carbocycles. The molecular weight excluding hydrogens is 238 g/mol. The van der Waals surface area contributed by atoms with Gasteiger partial charge >= 0.3 is 0 Å². The Bertz CT molecular complexity index is 362. The Balaban J connectivity index is 2.41. The SMILES string of the molecule is O=[N+]([O-])c1cc([C@H]2CO2)ccc1Br. The predicted molar refractivity (Wildman–Crippen MR) is 49.5 cm³/mol. The van der Waals surface area contributed by atoms with Crippen molar-refractivity contribution in [2.45, 2.75) is 6.10 Å². The molecule has 0 radical (unpaired) electrons. The third kappa shape index (κ3) is 1.71. The quantitative estimate of drug-likeness (QED) is 0.456. The van der Waals surface area contributed by atoms with E-state index in [0.29, 0.717) is 11.1 Å². The lowest BCUT2D eigenvalue weighted by molar-refractivity contribution is -0.385. The van der Waals surface area contributed by atoms with Crippen molar-refractivity contribution in [3.63, 3.8) is 0 Å². The fourth-order valence-electron chi connectivity index (χ4n) is 1.11. The van der Waals surface area contributed by atoms with E-state index in [2.05, 4.69) is 15.9 Å². The summed E-state index contributed by atoms with van der Waals surface area (Å²) in [6, 6.07) is 5.05. The van der Waals surface area contributed by atoms with Gasteiger partial charge in [0.25, 0.3) is 5.69 Å². The normalized spacial score (nSPS) is 19.9. The fraction of sp³-hybridized carbons (Fsp3) is 0.250. The van der Waals surface area contributed by atoms with Gasteiger partial charge in [-0.05, 0) is 27.6 Å². The van der Waals surface area contributed by atoms with E-state index in [9.17, 15) is 10.1 Å². The van der Waals surface area contributed by atoms with Crippen LogP contribution >= 0.6 is 15.9 Å². The van der Waals surface area contributed by atoms with E-state index >= 15 is 0 Å². The maximum absolute atomic E-state index is 10.6.